The number of hydrogen-bond donors (Lipinski definition) is 3. The molecule has 0 unspecified atom stereocenters. The molecule has 4 nitrogen and oxygen atoms in total. The van der Waals surface area contributed by atoms with E-state index >= 15 is 0 Å². The van der Waals surface area contributed by atoms with Crippen LogP contribution in [0.1, 0.15) is 44.1 Å². The lowest BCUT2D eigenvalue weighted by Gasteiger charge is -2.15. The average Bonchev–Trinajstić information content (AvgIpc) is 2.80. The number of carbonyl (C=O) groups excluding carboxylic acids is 1. The fraction of sp³-hybridized carbons (Fsp3) is 0.526. The number of aromatic nitrogens is 1. The van der Waals surface area contributed by atoms with Crippen molar-refractivity contribution in [3.63, 3.8) is 0 Å². The van der Waals surface area contributed by atoms with Crippen molar-refractivity contribution in [3.05, 3.63) is 36.0 Å². The van der Waals surface area contributed by atoms with Gasteiger partial charge in [0.2, 0.25) is 5.91 Å². The fourth-order valence-corrected chi connectivity index (χ4v) is 3.46. The van der Waals surface area contributed by atoms with E-state index in [0.29, 0.717) is 19.1 Å². The van der Waals surface area contributed by atoms with E-state index in [1.807, 2.05) is 12.3 Å². The van der Waals surface area contributed by atoms with Crippen LogP contribution in [0.2, 0.25) is 0 Å². The normalized spacial score (nSPS) is 16.3. The first-order valence-electron chi connectivity index (χ1n) is 8.88. The van der Waals surface area contributed by atoms with E-state index in [-0.39, 0.29) is 5.91 Å². The Labute approximate surface area is 138 Å². The molecule has 1 heterocycles. The summed E-state index contributed by atoms with van der Waals surface area (Å²) in [5.74, 6) is 0.106. The second-order valence-corrected chi connectivity index (χ2v) is 6.53. The molecule has 4 heteroatoms. The van der Waals surface area contributed by atoms with Crippen LogP contribution < -0.4 is 10.6 Å². The van der Waals surface area contributed by atoms with E-state index in [9.17, 15) is 4.79 Å². The molecule has 0 bridgehead atoms. The summed E-state index contributed by atoms with van der Waals surface area (Å²) in [6, 6.07) is 8.81. The molecule has 124 valence electrons. The molecule has 1 aromatic heterocycles. The van der Waals surface area contributed by atoms with Crippen molar-refractivity contribution in [1.29, 1.82) is 0 Å². The smallest absolute Gasteiger partial charge is 0.233 e. The third-order valence-electron chi connectivity index (χ3n) is 4.80. The minimum Gasteiger partial charge on any atom is -0.361 e. The van der Waals surface area contributed by atoms with Crippen LogP contribution in [0.3, 0.4) is 0 Å². The number of H-pyrrole nitrogens is 1. The number of benzene rings is 1. The van der Waals surface area contributed by atoms with Crippen LogP contribution in [0.25, 0.3) is 10.9 Å². The summed E-state index contributed by atoms with van der Waals surface area (Å²) in [4.78, 5) is 15.3. The SMILES string of the molecule is O=C(CNC1CCCCCC1)NCCc1c[nH]c2ccccc12. The van der Waals surface area contributed by atoms with Gasteiger partial charge in [0.1, 0.15) is 0 Å². The van der Waals surface area contributed by atoms with Crippen molar-refractivity contribution < 1.29 is 4.79 Å². The predicted molar refractivity (Wildman–Crippen MR) is 94.5 cm³/mol. The van der Waals surface area contributed by atoms with Gasteiger partial charge in [-0.2, -0.15) is 0 Å². The van der Waals surface area contributed by atoms with E-state index in [2.05, 4.69) is 33.8 Å². The highest BCUT2D eigenvalue weighted by Gasteiger charge is 2.12. The summed E-state index contributed by atoms with van der Waals surface area (Å²) in [7, 11) is 0. The molecular weight excluding hydrogens is 286 g/mol. The molecule has 0 radical (unpaired) electrons. The Morgan fingerprint density at radius 1 is 1.13 bits per heavy atom. The zero-order valence-electron chi connectivity index (χ0n) is 13.7. The lowest BCUT2D eigenvalue weighted by atomic mass is 10.1. The molecule has 0 aliphatic heterocycles. The highest BCUT2D eigenvalue weighted by atomic mass is 16.1. The number of amides is 1. The molecule has 3 N–H and O–H groups in total. The van der Waals surface area contributed by atoms with Gasteiger partial charge < -0.3 is 15.6 Å². The van der Waals surface area contributed by atoms with Gasteiger partial charge in [0, 0.05) is 29.7 Å². The maximum absolute atomic E-state index is 12.0. The summed E-state index contributed by atoms with van der Waals surface area (Å²) in [5, 5.41) is 7.69. The Balaban J connectivity index is 1.39. The van der Waals surface area contributed by atoms with Crippen molar-refractivity contribution >= 4 is 16.8 Å². The number of carbonyl (C=O) groups is 1. The van der Waals surface area contributed by atoms with Crippen molar-refractivity contribution in [1.82, 2.24) is 15.6 Å². The second kappa shape index (κ2) is 8.16. The van der Waals surface area contributed by atoms with Gasteiger partial charge in [-0.3, -0.25) is 4.79 Å². The predicted octanol–water partition coefficient (Wildman–Crippen LogP) is 3.14. The monoisotopic (exact) mass is 313 g/mol. The Bertz CT molecular complexity index is 626. The molecule has 23 heavy (non-hydrogen) atoms. The van der Waals surface area contributed by atoms with Crippen molar-refractivity contribution in [2.75, 3.05) is 13.1 Å². The number of aromatic amines is 1. The molecule has 1 saturated carbocycles. The zero-order chi connectivity index (χ0) is 15.9. The number of nitrogens with one attached hydrogen (secondary N) is 3. The summed E-state index contributed by atoms with van der Waals surface area (Å²) >= 11 is 0. The van der Waals surface area contributed by atoms with Crippen LogP contribution in [0.15, 0.2) is 30.5 Å². The van der Waals surface area contributed by atoms with Crippen LogP contribution in [0.4, 0.5) is 0 Å². The van der Waals surface area contributed by atoms with E-state index in [1.54, 1.807) is 0 Å². The Kier molecular flexibility index (Phi) is 5.70. The summed E-state index contributed by atoms with van der Waals surface area (Å²) in [6.07, 6.45) is 10.6. The largest absolute Gasteiger partial charge is 0.361 e. The fourth-order valence-electron chi connectivity index (χ4n) is 3.46. The van der Waals surface area contributed by atoms with Gasteiger partial charge in [-0.1, -0.05) is 43.9 Å². The van der Waals surface area contributed by atoms with Crippen LogP contribution in [0.5, 0.6) is 0 Å². The highest BCUT2D eigenvalue weighted by molar-refractivity contribution is 5.83. The van der Waals surface area contributed by atoms with Gasteiger partial charge in [0.15, 0.2) is 0 Å². The Morgan fingerprint density at radius 3 is 2.74 bits per heavy atom. The van der Waals surface area contributed by atoms with Crippen LogP contribution in [0, 0.1) is 0 Å². The molecule has 0 spiro atoms. The maximum atomic E-state index is 12.0. The Morgan fingerprint density at radius 2 is 1.91 bits per heavy atom. The molecule has 0 saturated heterocycles. The molecule has 1 amide bonds. The van der Waals surface area contributed by atoms with Gasteiger partial charge in [-0.15, -0.1) is 0 Å². The zero-order valence-corrected chi connectivity index (χ0v) is 13.7. The third-order valence-corrected chi connectivity index (χ3v) is 4.80. The minimum atomic E-state index is 0.106. The molecule has 1 fully saturated rings. The van der Waals surface area contributed by atoms with Gasteiger partial charge in [0.05, 0.1) is 6.54 Å². The lowest BCUT2D eigenvalue weighted by Crippen LogP contribution is -2.39. The lowest BCUT2D eigenvalue weighted by molar-refractivity contribution is -0.120. The van der Waals surface area contributed by atoms with Crippen LogP contribution >= 0.6 is 0 Å². The molecule has 3 rings (SSSR count). The average molecular weight is 313 g/mol. The number of hydrogen-bond acceptors (Lipinski definition) is 2. The number of para-hydroxylation sites is 1. The van der Waals surface area contributed by atoms with Crippen LogP contribution in [-0.2, 0) is 11.2 Å². The van der Waals surface area contributed by atoms with Gasteiger partial charge in [0.25, 0.3) is 0 Å². The Hall–Kier alpha value is -1.81. The first kappa shape index (κ1) is 16.1. The maximum Gasteiger partial charge on any atom is 0.233 e. The van der Waals surface area contributed by atoms with Crippen molar-refractivity contribution in [3.8, 4) is 0 Å². The molecule has 2 aromatic rings. The van der Waals surface area contributed by atoms with Gasteiger partial charge in [-0.05, 0) is 30.9 Å². The highest BCUT2D eigenvalue weighted by Crippen LogP contribution is 2.18. The van der Waals surface area contributed by atoms with E-state index in [0.717, 1.165) is 11.9 Å². The molecule has 0 atom stereocenters. The quantitative estimate of drug-likeness (QED) is 0.718. The topological polar surface area (TPSA) is 56.9 Å². The van der Waals surface area contributed by atoms with E-state index in [4.69, 9.17) is 0 Å². The number of fused-ring (bicyclic) bond motifs is 1. The van der Waals surface area contributed by atoms with Crippen molar-refractivity contribution in [2.45, 2.75) is 51.0 Å². The van der Waals surface area contributed by atoms with Gasteiger partial charge in [-0.25, -0.2) is 0 Å². The summed E-state index contributed by atoms with van der Waals surface area (Å²) in [6.45, 7) is 1.13. The van der Waals surface area contributed by atoms with Crippen molar-refractivity contribution in [2.24, 2.45) is 0 Å². The van der Waals surface area contributed by atoms with E-state index in [1.165, 1.54) is 49.5 Å². The molecular formula is C19H27N3O. The standard InChI is InChI=1S/C19H27N3O/c23-19(14-21-16-7-3-1-2-4-8-16)20-12-11-15-13-22-18-10-6-5-9-17(15)18/h5-6,9-10,13,16,21-22H,1-4,7-8,11-12,14H2,(H,20,23). The second-order valence-electron chi connectivity index (χ2n) is 6.53. The van der Waals surface area contributed by atoms with E-state index < -0.39 is 0 Å². The minimum absolute atomic E-state index is 0.106. The molecule has 1 aliphatic carbocycles. The first-order valence-corrected chi connectivity index (χ1v) is 8.88. The summed E-state index contributed by atoms with van der Waals surface area (Å²) < 4.78 is 0. The van der Waals surface area contributed by atoms with Gasteiger partial charge >= 0.3 is 0 Å². The molecule has 1 aromatic carbocycles. The third kappa shape index (κ3) is 4.58. The first-order chi connectivity index (χ1) is 11.3. The van der Waals surface area contributed by atoms with Crippen LogP contribution in [-0.4, -0.2) is 30.0 Å². The summed E-state index contributed by atoms with van der Waals surface area (Å²) in [5.41, 5.74) is 2.42. The number of rotatable bonds is 6. The molecule has 1 aliphatic rings.